The third kappa shape index (κ3) is 2.41. The second-order valence-electron chi connectivity index (χ2n) is 4.94. The van der Waals surface area contributed by atoms with Gasteiger partial charge >= 0.3 is 5.97 Å². The molecule has 0 aliphatic rings. The van der Waals surface area contributed by atoms with Crippen LogP contribution >= 0.6 is 11.6 Å². The number of rotatable bonds is 2. The number of carbonyl (C=O) groups is 1. The van der Waals surface area contributed by atoms with Crippen LogP contribution in [0.2, 0.25) is 5.02 Å². The van der Waals surface area contributed by atoms with Gasteiger partial charge in [0.15, 0.2) is 0 Å². The summed E-state index contributed by atoms with van der Waals surface area (Å²) < 4.78 is 4.80. The molecule has 3 aromatic rings. The Balaban J connectivity index is 2.21. The number of halogens is 1. The van der Waals surface area contributed by atoms with E-state index in [2.05, 4.69) is 4.98 Å². The minimum Gasteiger partial charge on any atom is -0.465 e. The molecule has 1 aromatic heterocycles. The van der Waals surface area contributed by atoms with Crippen LogP contribution in [-0.2, 0) is 4.74 Å². The molecule has 0 amide bonds. The Kier molecular flexibility index (Phi) is 3.43. The molecule has 3 nitrogen and oxygen atoms in total. The van der Waals surface area contributed by atoms with Crippen LogP contribution < -0.4 is 0 Å². The average Bonchev–Trinajstić information content (AvgIpc) is 2.89. The van der Waals surface area contributed by atoms with Crippen LogP contribution in [0.1, 0.15) is 15.9 Å². The predicted octanol–water partition coefficient (Wildman–Crippen LogP) is 4.58. The van der Waals surface area contributed by atoms with Gasteiger partial charge in [-0.3, -0.25) is 0 Å². The van der Waals surface area contributed by atoms with E-state index < -0.39 is 0 Å². The molecule has 0 fully saturated rings. The summed E-state index contributed by atoms with van der Waals surface area (Å²) in [4.78, 5) is 14.8. The van der Waals surface area contributed by atoms with Gasteiger partial charge in [0.1, 0.15) is 0 Å². The molecule has 2 aromatic carbocycles. The zero-order valence-corrected chi connectivity index (χ0v) is 12.5. The molecule has 0 bridgehead atoms. The summed E-state index contributed by atoms with van der Waals surface area (Å²) >= 11 is 6.36. The molecule has 0 atom stereocenters. The number of aryl methyl sites for hydroxylation is 1. The lowest BCUT2D eigenvalue weighted by atomic mass is 10.0. The van der Waals surface area contributed by atoms with Crippen molar-refractivity contribution >= 4 is 28.5 Å². The summed E-state index contributed by atoms with van der Waals surface area (Å²) in [6.07, 6.45) is 1.64. The number of esters is 1. The van der Waals surface area contributed by atoms with Crippen LogP contribution in [0.25, 0.3) is 22.0 Å². The summed E-state index contributed by atoms with van der Waals surface area (Å²) in [5.41, 5.74) is 4.43. The fourth-order valence-corrected chi connectivity index (χ4v) is 2.65. The summed E-state index contributed by atoms with van der Waals surface area (Å²) in [7, 11) is 1.37. The number of benzene rings is 2. The second-order valence-corrected chi connectivity index (χ2v) is 5.34. The van der Waals surface area contributed by atoms with E-state index in [-0.39, 0.29) is 5.97 Å². The van der Waals surface area contributed by atoms with Crippen LogP contribution in [0.15, 0.2) is 42.6 Å². The molecule has 0 saturated heterocycles. The smallest absolute Gasteiger partial charge is 0.340 e. The molecule has 106 valence electrons. The first kappa shape index (κ1) is 13.7. The van der Waals surface area contributed by atoms with E-state index in [1.807, 2.05) is 43.3 Å². The number of aromatic nitrogens is 1. The summed E-state index contributed by atoms with van der Waals surface area (Å²) in [5, 5.41) is 1.45. The number of hydrogen-bond donors (Lipinski definition) is 1. The van der Waals surface area contributed by atoms with Crippen molar-refractivity contribution in [1.29, 1.82) is 0 Å². The van der Waals surface area contributed by atoms with Gasteiger partial charge in [-0.1, -0.05) is 41.4 Å². The molecule has 0 aliphatic heterocycles. The van der Waals surface area contributed by atoms with Gasteiger partial charge in [-0.15, -0.1) is 0 Å². The van der Waals surface area contributed by atoms with E-state index in [4.69, 9.17) is 16.3 Å². The van der Waals surface area contributed by atoms with Gasteiger partial charge in [0.05, 0.1) is 17.7 Å². The molecule has 21 heavy (non-hydrogen) atoms. The summed E-state index contributed by atoms with van der Waals surface area (Å²) in [6, 6.07) is 11.9. The molecule has 0 unspecified atom stereocenters. The van der Waals surface area contributed by atoms with Crippen molar-refractivity contribution < 1.29 is 9.53 Å². The lowest BCUT2D eigenvalue weighted by Gasteiger charge is -2.06. The van der Waals surface area contributed by atoms with Crippen LogP contribution in [-0.4, -0.2) is 18.1 Å². The fourth-order valence-electron chi connectivity index (χ4n) is 2.38. The lowest BCUT2D eigenvalue weighted by Crippen LogP contribution is -1.99. The number of carbonyl (C=O) groups excluding carboxylic acids is 1. The van der Waals surface area contributed by atoms with Crippen LogP contribution in [0, 0.1) is 6.92 Å². The van der Waals surface area contributed by atoms with Gasteiger partial charge in [0.25, 0.3) is 0 Å². The Hall–Kier alpha value is -2.26. The van der Waals surface area contributed by atoms with E-state index >= 15 is 0 Å². The maximum Gasteiger partial charge on any atom is 0.340 e. The number of ether oxygens (including phenoxy) is 1. The second kappa shape index (κ2) is 5.26. The minimum absolute atomic E-state index is 0.363. The third-order valence-electron chi connectivity index (χ3n) is 3.54. The predicted molar refractivity (Wildman–Crippen MR) is 84.8 cm³/mol. The Morgan fingerprint density at radius 2 is 1.90 bits per heavy atom. The SMILES string of the molecule is COC(=O)c1c[nH]c2cc(Cl)c(-c3ccc(C)cc3)cc12. The van der Waals surface area contributed by atoms with Crippen molar-refractivity contribution in [3.05, 3.63) is 58.7 Å². The van der Waals surface area contributed by atoms with E-state index in [9.17, 15) is 4.79 Å². The van der Waals surface area contributed by atoms with E-state index in [0.29, 0.717) is 10.6 Å². The molecule has 0 aliphatic carbocycles. The fraction of sp³-hybridized carbons (Fsp3) is 0.118. The first-order valence-electron chi connectivity index (χ1n) is 6.56. The molecular weight excluding hydrogens is 286 g/mol. The third-order valence-corrected chi connectivity index (χ3v) is 3.85. The summed E-state index contributed by atoms with van der Waals surface area (Å²) in [6.45, 7) is 2.04. The maximum atomic E-state index is 11.8. The molecule has 0 radical (unpaired) electrons. The first-order valence-corrected chi connectivity index (χ1v) is 6.94. The Morgan fingerprint density at radius 3 is 2.57 bits per heavy atom. The largest absolute Gasteiger partial charge is 0.465 e. The van der Waals surface area contributed by atoms with Crippen molar-refractivity contribution in [2.45, 2.75) is 6.92 Å². The Bertz CT molecular complexity index is 819. The van der Waals surface area contributed by atoms with E-state index in [1.54, 1.807) is 6.20 Å². The highest BCUT2D eigenvalue weighted by Crippen LogP contribution is 2.33. The van der Waals surface area contributed by atoms with Gasteiger partial charge < -0.3 is 9.72 Å². The zero-order chi connectivity index (χ0) is 15.0. The van der Waals surface area contributed by atoms with Crippen molar-refractivity contribution in [2.24, 2.45) is 0 Å². The quantitative estimate of drug-likeness (QED) is 0.704. The number of fused-ring (bicyclic) bond motifs is 1. The number of nitrogens with one attached hydrogen (secondary N) is 1. The molecule has 1 heterocycles. The van der Waals surface area contributed by atoms with Crippen LogP contribution in [0.5, 0.6) is 0 Å². The monoisotopic (exact) mass is 299 g/mol. The van der Waals surface area contributed by atoms with Gasteiger partial charge in [-0.2, -0.15) is 0 Å². The highest BCUT2D eigenvalue weighted by atomic mass is 35.5. The summed E-state index contributed by atoms with van der Waals surface area (Å²) in [5.74, 6) is -0.363. The topological polar surface area (TPSA) is 42.1 Å². The van der Waals surface area contributed by atoms with Crippen molar-refractivity contribution in [2.75, 3.05) is 7.11 Å². The Labute approximate surface area is 127 Å². The molecule has 0 spiro atoms. The number of hydrogen-bond acceptors (Lipinski definition) is 2. The van der Waals surface area contributed by atoms with Crippen molar-refractivity contribution in [3.8, 4) is 11.1 Å². The molecule has 1 N–H and O–H groups in total. The van der Waals surface area contributed by atoms with E-state index in [0.717, 1.165) is 22.0 Å². The number of H-pyrrole nitrogens is 1. The first-order chi connectivity index (χ1) is 10.1. The standard InChI is InChI=1S/C17H14ClNO2/c1-10-3-5-11(6-4-10)12-7-13-14(17(20)21-2)9-19-16(13)8-15(12)18/h3-9,19H,1-2H3. The van der Waals surface area contributed by atoms with Crippen molar-refractivity contribution in [3.63, 3.8) is 0 Å². The number of aromatic amines is 1. The van der Waals surface area contributed by atoms with Gasteiger partial charge in [-0.05, 0) is 24.6 Å². The highest BCUT2D eigenvalue weighted by Gasteiger charge is 2.15. The van der Waals surface area contributed by atoms with Crippen molar-refractivity contribution in [1.82, 2.24) is 4.98 Å². The number of methoxy groups -OCH3 is 1. The van der Waals surface area contributed by atoms with Gasteiger partial charge in [0, 0.05) is 22.7 Å². The molecule has 0 saturated carbocycles. The normalized spacial score (nSPS) is 10.8. The maximum absolute atomic E-state index is 11.8. The molecule has 4 heteroatoms. The molecular formula is C17H14ClNO2. The highest BCUT2D eigenvalue weighted by molar-refractivity contribution is 6.34. The zero-order valence-electron chi connectivity index (χ0n) is 11.7. The van der Waals surface area contributed by atoms with E-state index in [1.165, 1.54) is 12.7 Å². The minimum atomic E-state index is -0.363. The van der Waals surface area contributed by atoms with Gasteiger partial charge in [-0.25, -0.2) is 4.79 Å². The lowest BCUT2D eigenvalue weighted by molar-refractivity contribution is 0.0603. The Morgan fingerprint density at radius 1 is 1.19 bits per heavy atom. The van der Waals surface area contributed by atoms with Gasteiger partial charge in [0.2, 0.25) is 0 Å². The average molecular weight is 300 g/mol. The van der Waals surface area contributed by atoms with Crippen LogP contribution in [0.4, 0.5) is 0 Å². The van der Waals surface area contributed by atoms with Crippen LogP contribution in [0.3, 0.4) is 0 Å². The molecule has 3 rings (SSSR count).